The van der Waals surface area contributed by atoms with Gasteiger partial charge in [0.05, 0.1) is 0 Å². The highest BCUT2D eigenvalue weighted by Gasteiger charge is 2.34. The smallest absolute Gasteiger partial charge is 0.322 e. The molecule has 2 aliphatic rings. The molecule has 2 unspecified atom stereocenters. The molecule has 21 heavy (non-hydrogen) atoms. The number of nitrogens with zero attached hydrogens (tertiary/aromatic N) is 1. The molecule has 0 bridgehead atoms. The number of amides is 4. The van der Waals surface area contributed by atoms with Crippen molar-refractivity contribution in [2.75, 3.05) is 6.54 Å². The fourth-order valence-corrected chi connectivity index (χ4v) is 3.16. The highest BCUT2D eigenvalue weighted by Crippen LogP contribution is 2.30. The van der Waals surface area contributed by atoms with Gasteiger partial charge >= 0.3 is 6.03 Å². The first-order chi connectivity index (χ1) is 9.76. The number of likely N-dealkylation sites (tertiary alicyclic amines) is 1. The summed E-state index contributed by atoms with van der Waals surface area (Å²) >= 11 is 0. The van der Waals surface area contributed by atoms with Gasteiger partial charge in [-0.25, -0.2) is 4.79 Å². The molecule has 6 nitrogen and oxygen atoms in total. The zero-order chi connectivity index (χ0) is 15.6. The van der Waals surface area contributed by atoms with Crippen LogP contribution in [0.25, 0.3) is 0 Å². The lowest BCUT2D eigenvalue weighted by Gasteiger charge is -2.30. The number of nitrogens with one attached hydrogen (secondary N) is 2. The molecule has 2 atom stereocenters. The van der Waals surface area contributed by atoms with Gasteiger partial charge in [-0.1, -0.05) is 20.8 Å². The Morgan fingerprint density at radius 3 is 2.62 bits per heavy atom. The summed E-state index contributed by atoms with van der Waals surface area (Å²) in [5.41, 5.74) is 0.201. The predicted octanol–water partition coefficient (Wildman–Crippen LogP) is 1.40. The monoisotopic (exact) mass is 295 g/mol. The van der Waals surface area contributed by atoms with E-state index < -0.39 is 12.1 Å². The second-order valence-electron chi connectivity index (χ2n) is 7.20. The Morgan fingerprint density at radius 1 is 1.33 bits per heavy atom. The van der Waals surface area contributed by atoms with E-state index in [1.54, 1.807) is 0 Å². The quantitative estimate of drug-likeness (QED) is 0.770. The van der Waals surface area contributed by atoms with Crippen LogP contribution in [0.4, 0.5) is 4.79 Å². The third-order valence-corrected chi connectivity index (χ3v) is 4.05. The molecule has 0 saturated carbocycles. The van der Waals surface area contributed by atoms with Crippen molar-refractivity contribution in [3.8, 4) is 0 Å². The van der Waals surface area contributed by atoms with Crippen molar-refractivity contribution < 1.29 is 14.4 Å². The van der Waals surface area contributed by atoms with E-state index in [1.807, 2.05) is 4.90 Å². The largest absolute Gasteiger partial charge is 0.340 e. The van der Waals surface area contributed by atoms with Crippen molar-refractivity contribution in [1.29, 1.82) is 0 Å². The van der Waals surface area contributed by atoms with E-state index in [0.29, 0.717) is 18.9 Å². The second kappa shape index (κ2) is 6.03. The first-order valence-corrected chi connectivity index (χ1v) is 7.67. The number of carbonyl (C=O) groups is 3. The minimum Gasteiger partial charge on any atom is -0.340 e. The van der Waals surface area contributed by atoms with Crippen LogP contribution in [0.3, 0.4) is 0 Å². The Morgan fingerprint density at radius 2 is 2.05 bits per heavy atom. The molecular weight excluding hydrogens is 270 g/mol. The van der Waals surface area contributed by atoms with Crippen LogP contribution < -0.4 is 10.6 Å². The van der Waals surface area contributed by atoms with Crippen LogP contribution in [0.15, 0.2) is 0 Å². The van der Waals surface area contributed by atoms with Crippen molar-refractivity contribution >= 4 is 17.8 Å². The van der Waals surface area contributed by atoms with Gasteiger partial charge in [0.15, 0.2) is 0 Å². The van der Waals surface area contributed by atoms with E-state index >= 15 is 0 Å². The van der Waals surface area contributed by atoms with Gasteiger partial charge in [0.25, 0.3) is 5.91 Å². The van der Waals surface area contributed by atoms with Gasteiger partial charge in [0, 0.05) is 19.0 Å². The Labute approximate surface area is 125 Å². The Hall–Kier alpha value is -1.59. The minimum absolute atomic E-state index is 0.0932. The number of hydrogen-bond acceptors (Lipinski definition) is 3. The van der Waals surface area contributed by atoms with E-state index in [9.17, 15) is 14.4 Å². The van der Waals surface area contributed by atoms with Gasteiger partial charge in [-0.3, -0.25) is 14.9 Å². The molecule has 0 spiro atoms. The average Bonchev–Trinajstić information content (AvgIpc) is 2.91. The Balaban J connectivity index is 1.85. The summed E-state index contributed by atoms with van der Waals surface area (Å²) in [6.07, 6.45) is 3.78. The minimum atomic E-state index is -0.565. The summed E-state index contributed by atoms with van der Waals surface area (Å²) in [5.74, 6) is -0.240. The highest BCUT2D eigenvalue weighted by molar-refractivity contribution is 6.04. The molecule has 2 fully saturated rings. The maximum Gasteiger partial charge on any atom is 0.322 e. The first-order valence-electron chi connectivity index (χ1n) is 7.67. The van der Waals surface area contributed by atoms with E-state index in [2.05, 4.69) is 31.4 Å². The summed E-state index contributed by atoms with van der Waals surface area (Å²) < 4.78 is 0. The average molecular weight is 295 g/mol. The van der Waals surface area contributed by atoms with E-state index in [-0.39, 0.29) is 17.2 Å². The van der Waals surface area contributed by atoms with Crippen molar-refractivity contribution in [3.05, 3.63) is 0 Å². The Kier molecular flexibility index (Phi) is 4.54. The molecule has 2 N–H and O–H groups in total. The van der Waals surface area contributed by atoms with Crippen LogP contribution in [-0.2, 0) is 9.59 Å². The van der Waals surface area contributed by atoms with E-state index in [4.69, 9.17) is 0 Å². The zero-order valence-electron chi connectivity index (χ0n) is 13.1. The van der Waals surface area contributed by atoms with Crippen LogP contribution >= 0.6 is 0 Å². The van der Waals surface area contributed by atoms with Crippen molar-refractivity contribution in [1.82, 2.24) is 15.5 Å². The van der Waals surface area contributed by atoms with Gasteiger partial charge in [0.2, 0.25) is 5.91 Å². The standard InChI is InChI=1S/C15H25N3O3/c1-15(2,3)9-10-5-4-8-18(10)12(19)7-6-11-13(20)17-14(21)16-11/h10-11H,4-9H2,1-3H3,(H2,16,17,20,21). The lowest BCUT2D eigenvalue weighted by molar-refractivity contribution is -0.132. The number of rotatable bonds is 4. The van der Waals surface area contributed by atoms with Gasteiger partial charge in [0.1, 0.15) is 6.04 Å². The van der Waals surface area contributed by atoms with Crippen LogP contribution in [0, 0.1) is 5.41 Å². The molecule has 0 aromatic carbocycles. The van der Waals surface area contributed by atoms with Gasteiger partial charge < -0.3 is 10.2 Å². The first kappa shape index (κ1) is 15.8. The van der Waals surface area contributed by atoms with Crippen LogP contribution in [0.5, 0.6) is 0 Å². The van der Waals surface area contributed by atoms with Crippen molar-refractivity contribution in [3.63, 3.8) is 0 Å². The SMILES string of the molecule is CC(C)(C)CC1CCCN1C(=O)CCC1NC(=O)NC1=O. The fourth-order valence-electron chi connectivity index (χ4n) is 3.16. The van der Waals surface area contributed by atoms with Crippen LogP contribution in [0.2, 0.25) is 0 Å². The molecule has 0 aromatic rings. The number of carbonyl (C=O) groups excluding carboxylic acids is 3. The molecule has 4 amide bonds. The normalized spacial score (nSPS) is 26.0. The summed E-state index contributed by atoms with van der Waals surface area (Å²) in [6.45, 7) is 7.37. The number of imide groups is 1. The third kappa shape index (κ3) is 4.19. The molecule has 6 heteroatoms. The molecule has 0 aliphatic carbocycles. The van der Waals surface area contributed by atoms with Gasteiger partial charge in [-0.05, 0) is 31.1 Å². The van der Waals surface area contributed by atoms with Crippen LogP contribution in [-0.4, -0.2) is 41.4 Å². The maximum atomic E-state index is 12.4. The summed E-state index contributed by atoms with van der Waals surface area (Å²) in [7, 11) is 0. The second-order valence-corrected chi connectivity index (χ2v) is 7.20. The van der Waals surface area contributed by atoms with E-state index in [1.165, 1.54) is 0 Å². The molecule has 118 valence electrons. The third-order valence-electron chi connectivity index (χ3n) is 4.05. The van der Waals surface area contributed by atoms with Gasteiger partial charge in [-0.2, -0.15) is 0 Å². The fraction of sp³-hybridized carbons (Fsp3) is 0.800. The lowest BCUT2D eigenvalue weighted by Crippen LogP contribution is -2.39. The van der Waals surface area contributed by atoms with E-state index in [0.717, 1.165) is 25.8 Å². The number of hydrogen-bond donors (Lipinski definition) is 2. The maximum absolute atomic E-state index is 12.4. The highest BCUT2D eigenvalue weighted by atomic mass is 16.2. The van der Waals surface area contributed by atoms with Gasteiger partial charge in [-0.15, -0.1) is 0 Å². The van der Waals surface area contributed by atoms with Crippen molar-refractivity contribution in [2.24, 2.45) is 5.41 Å². The summed E-state index contributed by atoms with van der Waals surface area (Å²) in [5, 5.41) is 4.71. The van der Waals surface area contributed by atoms with Crippen molar-refractivity contribution in [2.45, 2.75) is 65.0 Å². The molecular formula is C15H25N3O3. The topological polar surface area (TPSA) is 78.5 Å². The molecule has 0 radical (unpaired) electrons. The summed E-state index contributed by atoms with van der Waals surface area (Å²) in [4.78, 5) is 36.8. The lowest BCUT2D eigenvalue weighted by atomic mass is 9.87. The zero-order valence-corrected chi connectivity index (χ0v) is 13.1. The predicted molar refractivity (Wildman–Crippen MR) is 78.5 cm³/mol. The molecule has 2 aliphatic heterocycles. The number of urea groups is 1. The van der Waals surface area contributed by atoms with Crippen LogP contribution in [0.1, 0.15) is 52.9 Å². The summed E-state index contributed by atoms with van der Waals surface area (Å²) in [6, 6.07) is -0.723. The molecule has 2 rings (SSSR count). The molecule has 0 aromatic heterocycles. The Bertz CT molecular complexity index is 442. The molecule has 2 heterocycles. The molecule has 2 saturated heterocycles.